The van der Waals surface area contributed by atoms with Crippen molar-refractivity contribution in [1.82, 2.24) is 15.1 Å². The van der Waals surface area contributed by atoms with Gasteiger partial charge in [-0.2, -0.15) is 4.98 Å². The highest BCUT2D eigenvalue weighted by atomic mass is 35.5. The molecule has 0 bridgehead atoms. The molecule has 0 atom stereocenters. The number of pyridine rings is 1. The van der Waals surface area contributed by atoms with Gasteiger partial charge in [-0.25, -0.2) is 0 Å². The van der Waals surface area contributed by atoms with Crippen LogP contribution in [0.15, 0.2) is 59.3 Å². The Morgan fingerprint density at radius 2 is 1.91 bits per heavy atom. The molecule has 4 aromatic rings. The maximum Gasteiger partial charge on any atom is 0.259 e. The van der Waals surface area contributed by atoms with E-state index in [2.05, 4.69) is 15.1 Å². The van der Waals surface area contributed by atoms with E-state index < -0.39 is 0 Å². The third-order valence-corrected chi connectivity index (χ3v) is 3.98. The van der Waals surface area contributed by atoms with Crippen molar-refractivity contribution in [1.29, 1.82) is 0 Å². The fourth-order valence-electron chi connectivity index (χ4n) is 2.52. The molecule has 0 radical (unpaired) electrons. The van der Waals surface area contributed by atoms with E-state index in [-0.39, 0.29) is 0 Å². The summed E-state index contributed by atoms with van der Waals surface area (Å²) in [5.74, 6) is 0.841. The van der Waals surface area contributed by atoms with E-state index in [0.29, 0.717) is 22.4 Å². The number of hydrogen-bond donors (Lipinski definition) is 0. The van der Waals surface area contributed by atoms with Gasteiger partial charge >= 0.3 is 0 Å². The van der Waals surface area contributed by atoms with Crippen LogP contribution in [0.4, 0.5) is 0 Å². The van der Waals surface area contributed by atoms with Crippen LogP contribution >= 0.6 is 11.6 Å². The topological polar surface area (TPSA) is 51.8 Å². The largest absolute Gasteiger partial charge is 0.334 e. The summed E-state index contributed by atoms with van der Waals surface area (Å²) >= 11 is 6.27. The average molecular weight is 322 g/mol. The lowest BCUT2D eigenvalue weighted by molar-refractivity contribution is 0.432. The summed E-state index contributed by atoms with van der Waals surface area (Å²) in [5.41, 5.74) is 2.49. The summed E-state index contributed by atoms with van der Waals surface area (Å²) in [7, 11) is 0. The molecular weight excluding hydrogens is 310 g/mol. The highest BCUT2D eigenvalue weighted by molar-refractivity contribution is 6.33. The Morgan fingerprint density at radius 3 is 2.78 bits per heavy atom. The predicted octanol–water partition coefficient (Wildman–Crippen LogP) is 4.91. The minimum atomic E-state index is 0.389. The summed E-state index contributed by atoms with van der Waals surface area (Å²) in [6, 6.07) is 15.6. The molecule has 23 heavy (non-hydrogen) atoms. The van der Waals surface area contributed by atoms with Crippen LogP contribution in [0, 0.1) is 6.92 Å². The summed E-state index contributed by atoms with van der Waals surface area (Å²) in [6.45, 7) is 1.98. The smallest absolute Gasteiger partial charge is 0.259 e. The fraction of sp³-hybridized carbons (Fsp3) is 0.0556. The maximum absolute atomic E-state index is 6.27. The lowest BCUT2D eigenvalue weighted by Crippen LogP contribution is -1.88. The number of rotatable bonds is 2. The second kappa shape index (κ2) is 5.48. The number of aromatic nitrogens is 3. The molecule has 4 rings (SSSR count). The lowest BCUT2D eigenvalue weighted by atomic mass is 10.1. The minimum Gasteiger partial charge on any atom is -0.334 e. The molecule has 5 heteroatoms. The first kappa shape index (κ1) is 13.9. The van der Waals surface area contributed by atoms with Crippen LogP contribution in [-0.4, -0.2) is 15.1 Å². The van der Waals surface area contributed by atoms with Crippen molar-refractivity contribution >= 4 is 22.4 Å². The molecule has 0 saturated heterocycles. The van der Waals surface area contributed by atoms with Gasteiger partial charge in [0.1, 0.15) is 5.69 Å². The number of benzene rings is 2. The van der Waals surface area contributed by atoms with Crippen LogP contribution in [0.1, 0.15) is 5.56 Å². The van der Waals surface area contributed by atoms with Crippen molar-refractivity contribution in [3.05, 3.63) is 65.3 Å². The average Bonchev–Trinajstić information content (AvgIpc) is 3.04. The molecule has 0 N–H and O–H groups in total. The predicted molar refractivity (Wildman–Crippen MR) is 90.2 cm³/mol. The van der Waals surface area contributed by atoms with E-state index in [9.17, 15) is 0 Å². The molecule has 0 aliphatic heterocycles. The number of nitrogens with zero attached hydrogens (tertiary/aromatic N) is 3. The summed E-state index contributed by atoms with van der Waals surface area (Å²) in [6.07, 6.45) is 1.74. The van der Waals surface area contributed by atoms with Crippen LogP contribution < -0.4 is 0 Å². The second-order valence-electron chi connectivity index (χ2n) is 5.29. The van der Waals surface area contributed by atoms with Gasteiger partial charge in [0.2, 0.25) is 5.82 Å². The third kappa shape index (κ3) is 2.47. The Morgan fingerprint density at radius 1 is 1.04 bits per heavy atom. The Labute approximate surface area is 137 Å². The van der Waals surface area contributed by atoms with Gasteiger partial charge in [0.05, 0.1) is 10.6 Å². The van der Waals surface area contributed by atoms with Gasteiger partial charge < -0.3 is 4.52 Å². The molecule has 0 amide bonds. The number of aryl methyl sites for hydroxylation is 1. The highest BCUT2D eigenvalue weighted by Gasteiger charge is 2.16. The molecule has 2 aromatic carbocycles. The zero-order chi connectivity index (χ0) is 15.8. The zero-order valence-corrected chi connectivity index (χ0v) is 13.1. The van der Waals surface area contributed by atoms with Crippen molar-refractivity contribution in [2.75, 3.05) is 0 Å². The van der Waals surface area contributed by atoms with Crippen LogP contribution in [0.25, 0.3) is 33.7 Å². The van der Waals surface area contributed by atoms with Crippen LogP contribution in [0.5, 0.6) is 0 Å². The van der Waals surface area contributed by atoms with Gasteiger partial charge in [0.25, 0.3) is 5.89 Å². The van der Waals surface area contributed by atoms with Gasteiger partial charge in [-0.3, -0.25) is 4.98 Å². The Bertz CT molecular complexity index is 1000. The van der Waals surface area contributed by atoms with Gasteiger partial charge in [-0.05, 0) is 36.1 Å². The quantitative estimate of drug-likeness (QED) is 0.526. The molecule has 0 aliphatic carbocycles. The van der Waals surface area contributed by atoms with Crippen molar-refractivity contribution in [2.45, 2.75) is 6.92 Å². The van der Waals surface area contributed by atoms with Gasteiger partial charge in [0.15, 0.2) is 0 Å². The monoisotopic (exact) mass is 321 g/mol. The van der Waals surface area contributed by atoms with Crippen molar-refractivity contribution < 1.29 is 4.52 Å². The third-order valence-electron chi connectivity index (χ3n) is 3.67. The van der Waals surface area contributed by atoms with E-state index in [1.807, 2.05) is 55.5 Å². The van der Waals surface area contributed by atoms with Gasteiger partial charge in [-0.15, -0.1) is 0 Å². The molecular formula is C18H12ClN3O. The van der Waals surface area contributed by atoms with Crippen LogP contribution in [-0.2, 0) is 0 Å². The van der Waals surface area contributed by atoms with Crippen LogP contribution in [0.2, 0.25) is 5.02 Å². The number of halogens is 1. The normalized spacial score (nSPS) is 11.0. The minimum absolute atomic E-state index is 0.389. The Balaban J connectivity index is 1.84. The lowest BCUT2D eigenvalue weighted by Gasteiger charge is -2.01. The van der Waals surface area contributed by atoms with E-state index in [4.69, 9.17) is 16.1 Å². The second-order valence-corrected chi connectivity index (χ2v) is 5.69. The fourth-order valence-corrected chi connectivity index (χ4v) is 2.84. The maximum atomic E-state index is 6.27. The molecule has 2 heterocycles. The molecule has 0 unspecified atom stereocenters. The molecule has 4 nitrogen and oxygen atoms in total. The summed E-state index contributed by atoms with van der Waals surface area (Å²) in [4.78, 5) is 8.87. The molecule has 0 fully saturated rings. The van der Waals surface area contributed by atoms with E-state index in [0.717, 1.165) is 21.9 Å². The molecule has 0 aliphatic rings. The first-order valence-corrected chi connectivity index (χ1v) is 7.54. The van der Waals surface area contributed by atoms with Crippen molar-refractivity contribution in [2.24, 2.45) is 0 Å². The van der Waals surface area contributed by atoms with E-state index >= 15 is 0 Å². The summed E-state index contributed by atoms with van der Waals surface area (Å²) < 4.78 is 5.39. The van der Waals surface area contributed by atoms with Gasteiger partial charge in [0, 0.05) is 11.6 Å². The van der Waals surface area contributed by atoms with Crippen molar-refractivity contribution in [3.8, 4) is 23.0 Å². The molecule has 112 valence electrons. The highest BCUT2D eigenvalue weighted by Crippen LogP contribution is 2.30. The molecule has 2 aromatic heterocycles. The van der Waals surface area contributed by atoms with Crippen LogP contribution in [0.3, 0.4) is 0 Å². The van der Waals surface area contributed by atoms with Gasteiger partial charge in [-0.1, -0.05) is 47.1 Å². The summed E-state index contributed by atoms with van der Waals surface area (Å²) in [5, 5.41) is 6.72. The zero-order valence-electron chi connectivity index (χ0n) is 12.3. The number of fused-ring (bicyclic) bond motifs is 1. The Kier molecular flexibility index (Phi) is 3.32. The first-order valence-electron chi connectivity index (χ1n) is 7.17. The Hall–Kier alpha value is -2.72. The first-order chi connectivity index (χ1) is 11.2. The molecule has 0 spiro atoms. The standard InChI is InChI=1S/C18H12ClN3O/c1-11-6-7-14(15(19)10-11)18-21-17(22-23-18)16-13-5-3-2-4-12(13)8-9-20-16/h2-10H,1H3. The molecule has 0 saturated carbocycles. The van der Waals surface area contributed by atoms with E-state index in [1.165, 1.54) is 0 Å². The number of hydrogen-bond acceptors (Lipinski definition) is 4. The van der Waals surface area contributed by atoms with Crippen molar-refractivity contribution in [3.63, 3.8) is 0 Å². The SMILES string of the molecule is Cc1ccc(-c2nc(-c3nccc4ccccc34)no2)c(Cl)c1. The van der Waals surface area contributed by atoms with E-state index in [1.54, 1.807) is 6.20 Å².